The Balaban J connectivity index is 1.61. The highest BCUT2D eigenvalue weighted by Crippen LogP contribution is 2.27. The van der Waals surface area contributed by atoms with Crippen LogP contribution in [0, 0.1) is 5.92 Å². The van der Waals surface area contributed by atoms with Crippen molar-refractivity contribution in [2.45, 2.75) is 51.1 Å². The molecule has 0 radical (unpaired) electrons. The van der Waals surface area contributed by atoms with Gasteiger partial charge < -0.3 is 5.32 Å². The molecule has 1 aliphatic carbocycles. The van der Waals surface area contributed by atoms with Crippen LogP contribution in [0.2, 0.25) is 0 Å². The van der Waals surface area contributed by atoms with E-state index < -0.39 is 0 Å². The normalized spacial score (nSPS) is 25.9. The third-order valence-electron chi connectivity index (χ3n) is 3.94. The Hall–Kier alpha value is -0.900. The van der Waals surface area contributed by atoms with Gasteiger partial charge in [0, 0.05) is 19.0 Å². The van der Waals surface area contributed by atoms with Crippen molar-refractivity contribution in [1.29, 1.82) is 0 Å². The lowest BCUT2D eigenvalue weighted by Gasteiger charge is -2.25. The van der Waals surface area contributed by atoms with Gasteiger partial charge in [0.2, 0.25) is 0 Å². The summed E-state index contributed by atoms with van der Waals surface area (Å²) in [6.45, 7) is 2.25. The Labute approximate surface area is 96.4 Å². The van der Waals surface area contributed by atoms with Crippen LogP contribution in [-0.4, -0.2) is 27.4 Å². The number of aromatic nitrogens is 3. The van der Waals surface area contributed by atoms with Crippen LogP contribution in [0.25, 0.3) is 0 Å². The molecule has 4 nitrogen and oxygen atoms in total. The maximum atomic E-state index is 4.40. The molecule has 1 saturated heterocycles. The minimum absolute atomic E-state index is 0.629. The van der Waals surface area contributed by atoms with Crippen molar-refractivity contribution in [2.75, 3.05) is 6.54 Å². The van der Waals surface area contributed by atoms with Crippen molar-refractivity contribution in [3.05, 3.63) is 12.2 Å². The van der Waals surface area contributed by atoms with Crippen LogP contribution < -0.4 is 5.32 Å². The van der Waals surface area contributed by atoms with E-state index >= 15 is 0 Å². The topological polar surface area (TPSA) is 42.7 Å². The molecule has 4 heteroatoms. The Morgan fingerprint density at radius 1 is 1.31 bits per heavy atom. The molecule has 88 valence electrons. The monoisotopic (exact) mass is 220 g/mol. The van der Waals surface area contributed by atoms with E-state index in [1.807, 2.05) is 0 Å². The predicted octanol–water partition coefficient (Wildman–Crippen LogP) is 1.37. The smallest absolute Gasteiger partial charge is 0.138 e. The zero-order valence-corrected chi connectivity index (χ0v) is 9.73. The molecule has 1 unspecified atom stereocenters. The SMILES string of the molecule is c1nc(CC2CCCN2)n(CC2CCC2)n1. The fourth-order valence-corrected chi connectivity index (χ4v) is 2.67. The Morgan fingerprint density at radius 2 is 2.25 bits per heavy atom. The van der Waals surface area contributed by atoms with E-state index in [-0.39, 0.29) is 0 Å². The van der Waals surface area contributed by atoms with Crippen LogP contribution >= 0.6 is 0 Å². The van der Waals surface area contributed by atoms with Gasteiger partial charge in [0.15, 0.2) is 0 Å². The number of hydrogen-bond donors (Lipinski definition) is 1. The van der Waals surface area contributed by atoms with Crippen molar-refractivity contribution in [3.63, 3.8) is 0 Å². The van der Waals surface area contributed by atoms with Gasteiger partial charge in [0.1, 0.15) is 12.2 Å². The number of nitrogens with zero attached hydrogens (tertiary/aromatic N) is 3. The van der Waals surface area contributed by atoms with E-state index in [1.54, 1.807) is 6.33 Å². The first-order chi connectivity index (χ1) is 7.92. The molecule has 1 aliphatic heterocycles. The Morgan fingerprint density at radius 3 is 2.94 bits per heavy atom. The standard InChI is InChI=1S/C12H20N4/c1-3-10(4-1)8-16-12(14-9-15-16)7-11-5-2-6-13-11/h9-11,13H,1-8H2. The molecule has 2 aliphatic rings. The average Bonchev–Trinajstić information content (AvgIpc) is 2.84. The number of nitrogens with one attached hydrogen (secondary N) is 1. The molecular formula is C12H20N4. The van der Waals surface area contributed by atoms with Gasteiger partial charge >= 0.3 is 0 Å². The van der Waals surface area contributed by atoms with E-state index in [1.165, 1.54) is 44.5 Å². The summed E-state index contributed by atoms with van der Waals surface area (Å²) >= 11 is 0. The van der Waals surface area contributed by atoms with Gasteiger partial charge in [-0.05, 0) is 38.1 Å². The molecule has 1 aromatic rings. The Bertz CT molecular complexity index is 337. The van der Waals surface area contributed by atoms with E-state index in [0.717, 1.165) is 18.9 Å². The molecule has 3 rings (SSSR count). The van der Waals surface area contributed by atoms with Crippen LogP contribution in [0.1, 0.15) is 37.9 Å². The summed E-state index contributed by atoms with van der Waals surface area (Å²) in [5, 5.41) is 7.88. The lowest BCUT2D eigenvalue weighted by atomic mass is 9.85. The second-order valence-corrected chi connectivity index (χ2v) is 5.15. The largest absolute Gasteiger partial charge is 0.314 e. The Kier molecular flexibility index (Phi) is 2.91. The van der Waals surface area contributed by atoms with Crippen LogP contribution in [-0.2, 0) is 13.0 Å². The molecule has 1 N–H and O–H groups in total. The van der Waals surface area contributed by atoms with Crippen molar-refractivity contribution in [3.8, 4) is 0 Å². The van der Waals surface area contributed by atoms with E-state index in [9.17, 15) is 0 Å². The highest BCUT2D eigenvalue weighted by atomic mass is 15.3. The van der Waals surface area contributed by atoms with Crippen LogP contribution in [0.4, 0.5) is 0 Å². The van der Waals surface area contributed by atoms with Crippen molar-refractivity contribution < 1.29 is 0 Å². The quantitative estimate of drug-likeness (QED) is 0.833. The molecule has 1 saturated carbocycles. The van der Waals surface area contributed by atoms with E-state index in [2.05, 4.69) is 20.1 Å². The van der Waals surface area contributed by atoms with E-state index in [0.29, 0.717) is 6.04 Å². The lowest BCUT2D eigenvalue weighted by Crippen LogP contribution is -2.27. The fraction of sp³-hybridized carbons (Fsp3) is 0.833. The summed E-state index contributed by atoms with van der Waals surface area (Å²) in [7, 11) is 0. The molecule has 0 spiro atoms. The van der Waals surface area contributed by atoms with Crippen LogP contribution in [0.15, 0.2) is 6.33 Å². The minimum Gasteiger partial charge on any atom is -0.314 e. The first-order valence-electron chi connectivity index (χ1n) is 6.52. The molecule has 1 atom stereocenters. The van der Waals surface area contributed by atoms with Crippen molar-refractivity contribution >= 4 is 0 Å². The molecule has 1 aromatic heterocycles. The summed E-state index contributed by atoms with van der Waals surface area (Å²) in [5.41, 5.74) is 0. The van der Waals surface area contributed by atoms with Crippen LogP contribution in [0.3, 0.4) is 0 Å². The van der Waals surface area contributed by atoms with Gasteiger partial charge in [-0.3, -0.25) is 0 Å². The molecule has 2 heterocycles. The second-order valence-electron chi connectivity index (χ2n) is 5.15. The van der Waals surface area contributed by atoms with Gasteiger partial charge in [-0.15, -0.1) is 0 Å². The fourth-order valence-electron chi connectivity index (χ4n) is 2.67. The third-order valence-corrected chi connectivity index (χ3v) is 3.94. The molecule has 0 amide bonds. The summed E-state index contributed by atoms with van der Waals surface area (Å²) < 4.78 is 2.13. The maximum absolute atomic E-state index is 4.40. The highest BCUT2D eigenvalue weighted by Gasteiger charge is 2.21. The van der Waals surface area contributed by atoms with Gasteiger partial charge in [0.25, 0.3) is 0 Å². The van der Waals surface area contributed by atoms with Gasteiger partial charge in [-0.1, -0.05) is 6.42 Å². The molecule has 0 bridgehead atoms. The van der Waals surface area contributed by atoms with Crippen LogP contribution in [0.5, 0.6) is 0 Å². The summed E-state index contributed by atoms with van der Waals surface area (Å²) in [4.78, 5) is 4.40. The zero-order chi connectivity index (χ0) is 10.8. The number of hydrogen-bond acceptors (Lipinski definition) is 3. The second kappa shape index (κ2) is 4.53. The lowest BCUT2D eigenvalue weighted by molar-refractivity contribution is 0.262. The number of rotatable bonds is 4. The van der Waals surface area contributed by atoms with Gasteiger partial charge in [-0.2, -0.15) is 5.10 Å². The minimum atomic E-state index is 0.629. The zero-order valence-electron chi connectivity index (χ0n) is 9.73. The van der Waals surface area contributed by atoms with Gasteiger partial charge in [-0.25, -0.2) is 9.67 Å². The van der Waals surface area contributed by atoms with Crippen molar-refractivity contribution in [1.82, 2.24) is 20.1 Å². The van der Waals surface area contributed by atoms with Gasteiger partial charge in [0.05, 0.1) is 0 Å². The summed E-state index contributed by atoms with van der Waals surface area (Å²) in [6, 6.07) is 0.629. The maximum Gasteiger partial charge on any atom is 0.138 e. The predicted molar refractivity (Wildman–Crippen MR) is 62.1 cm³/mol. The third kappa shape index (κ3) is 2.12. The molecule has 16 heavy (non-hydrogen) atoms. The average molecular weight is 220 g/mol. The summed E-state index contributed by atoms with van der Waals surface area (Å²) in [6.07, 6.45) is 9.51. The van der Waals surface area contributed by atoms with Crippen molar-refractivity contribution in [2.24, 2.45) is 5.92 Å². The molecular weight excluding hydrogens is 200 g/mol. The first-order valence-corrected chi connectivity index (χ1v) is 6.52. The molecule has 0 aromatic carbocycles. The summed E-state index contributed by atoms with van der Waals surface area (Å²) in [5.74, 6) is 2.03. The van der Waals surface area contributed by atoms with E-state index in [4.69, 9.17) is 0 Å². The molecule has 2 fully saturated rings. The first kappa shape index (κ1) is 10.3. The highest BCUT2D eigenvalue weighted by molar-refractivity contribution is 4.92.